The number of aromatic nitrogens is 2. The van der Waals surface area contributed by atoms with Gasteiger partial charge in [-0.25, -0.2) is 0 Å². The lowest BCUT2D eigenvalue weighted by Gasteiger charge is -2.06. The van der Waals surface area contributed by atoms with Gasteiger partial charge < -0.3 is 5.32 Å². The third-order valence-electron chi connectivity index (χ3n) is 4.11. The van der Waals surface area contributed by atoms with Crippen LogP contribution in [-0.4, -0.2) is 15.7 Å². The van der Waals surface area contributed by atoms with Crippen molar-refractivity contribution >= 4 is 5.91 Å². The summed E-state index contributed by atoms with van der Waals surface area (Å²) in [5.41, 5.74) is 4.48. The largest absolute Gasteiger partial charge is 0.352 e. The first-order valence-electron chi connectivity index (χ1n) is 8.20. The molecule has 0 bridgehead atoms. The van der Waals surface area contributed by atoms with Crippen LogP contribution in [0.4, 0.5) is 0 Å². The van der Waals surface area contributed by atoms with Gasteiger partial charge in [0.25, 0.3) is 0 Å². The number of benzene rings is 1. The summed E-state index contributed by atoms with van der Waals surface area (Å²) in [6.07, 6.45) is 1.42. The van der Waals surface area contributed by atoms with Crippen LogP contribution in [0.2, 0.25) is 0 Å². The van der Waals surface area contributed by atoms with Gasteiger partial charge in [-0.3, -0.25) is 9.48 Å². The summed E-state index contributed by atoms with van der Waals surface area (Å²) in [7, 11) is 0. The van der Waals surface area contributed by atoms with E-state index in [1.54, 1.807) is 12.1 Å². The Morgan fingerprint density at radius 1 is 1.32 bits per heavy atom. The van der Waals surface area contributed by atoms with Crippen molar-refractivity contribution in [2.24, 2.45) is 0 Å². The molecule has 25 heavy (non-hydrogen) atoms. The van der Waals surface area contributed by atoms with Gasteiger partial charge in [0, 0.05) is 18.7 Å². The number of hydrogen-bond acceptors (Lipinski definition) is 4. The summed E-state index contributed by atoms with van der Waals surface area (Å²) in [4.78, 5) is 12.1. The number of carbonyl (C=O) groups excluding carboxylic acids is 1. The molecule has 0 aliphatic rings. The lowest BCUT2D eigenvalue weighted by Crippen LogP contribution is -2.23. The van der Waals surface area contributed by atoms with Gasteiger partial charge in [0.1, 0.15) is 0 Å². The fraction of sp³-hybridized carbons (Fsp3) is 0.368. The maximum absolute atomic E-state index is 12.1. The smallest absolute Gasteiger partial charge is 0.220 e. The molecule has 2 aromatic rings. The standard InChI is InChI=1S/C19H21N5O/c1-14-18(15(2)24(23-14)10-4-9-20)7-8-19(25)22-13-17-6-3-5-16(11-17)12-21/h3,5-6,11H,4,7-8,10,13H2,1-2H3,(H,22,25). The molecular formula is C19H21N5O. The molecule has 0 unspecified atom stereocenters. The molecular weight excluding hydrogens is 314 g/mol. The molecule has 6 heteroatoms. The Labute approximate surface area is 147 Å². The summed E-state index contributed by atoms with van der Waals surface area (Å²) >= 11 is 0. The molecule has 0 radical (unpaired) electrons. The number of hydrogen-bond donors (Lipinski definition) is 1. The minimum Gasteiger partial charge on any atom is -0.352 e. The van der Waals surface area contributed by atoms with E-state index in [1.165, 1.54) is 0 Å². The number of nitrogens with one attached hydrogen (secondary N) is 1. The molecule has 1 amide bonds. The van der Waals surface area contributed by atoms with E-state index in [0.29, 0.717) is 37.9 Å². The van der Waals surface area contributed by atoms with Crippen LogP contribution in [0.1, 0.15) is 40.9 Å². The van der Waals surface area contributed by atoms with E-state index in [2.05, 4.69) is 22.6 Å². The normalized spacial score (nSPS) is 10.1. The van der Waals surface area contributed by atoms with Gasteiger partial charge in [0.15, 0.2) is 0 Å². The summed E-state index contributed by atoms with van der Waals surface area (Å²) in [6.45, 7) is 4.88. The molecule has 0 saturated carbocycles. The first-order valence-corrected chi connectivity index (χ1v) is 8.20. The van der Waals surface area contributed by atoms with Crippen LogP contribution >= 0.6 is 0 Å². The number of nitrogens with zero attached hydrogens (tertiary/aromatic N) is 4. The van der Waals surface area contributed by atoms with Gasteiger partial charge in [-0.2, -0.15) is 15.6 Å². The molecule has 1 aromatic heterocycles. The molecule has 0 saturated heterocycles. The van der Waals surface area contributed by atoms with E-state index in [9.17, 15) is 4.79 Å². The minimum atomic E-state index is -0.0362. The van der Waals surface area contributed by atoms with Gasteiger partial charge in [-0.1, -0.05) is 12.1 Å². The third-order valence-corrected chi connectivity index (χ3v) is 4.11. The van der Waals surface area contributed by atoms with E-state index in [4.69, 9.17) is 10.5 Å². The van der Waals surface area contributed by atoms with Crippen LogP contribution in [0.5, 0.6) is 0 Å². The average molecular weight is 335 g/mol. The Hall–Kier alpha value is -3.12. The van der Waals surface area contributed by atoms with Crippen LogP contribution < -0.4 is 5.32 Å². The lowest BCUT2D eigenvalue weighted by molar-refractivity contribution is -0.121. The second-order valence-electron chi connectivity index (χ2n) is 5.87. The van der Waals surface area contributed by atoms with Crippen molar-refractivity contribution in [1.82, 2.24) is 15.1 Å². The van der Waals surface area contributed by atoms with Crippen molar-refractivity contribution < 1.29 is 4.79 Å². The highest BCUT2D eigenvalue weighted by atomic mass is 16.1. The molecule has 0 spiro atoms. The molecule has 1 aromatic carbocycles. The van der Waals surface area contributed by atoms with E-state index >= 15 is 0 Å². The van der Waals surface area contributed by atoms with Crippen molar-refractivity contribution in [2.45, 2.75) is 46.2 Å². The second-order valence-corrected chi connectivity index (χ2v) is 5.87. The summed E-state index contributed by atoms with van der Waals surface area (Å²) in [6, 6.07) is 11.4. The Kier molecular flexibility index (Phi) is 6.31. The van der Waals surface area contributed by atoms with E-state index in [-0.39, 0.29) is 5.91 Å². The van der Waals surface area contributed by atoms with E-state index in [0.717, 1.165) is 22.5 Å². The highest BCUT2D eigenvalue weighted by Gasteiger charge is 2.13. The average Bonchev–Trinajstić information content (AvgIpc) is 2.89. The van der Waals surface area contributed by atoms with Crippen molar-refractivity contribution in [3.8, 4) is 12.1 Å². The molecule has 0 aliphatic carbocycles. The summed E-state index contributed by atoms with van der Waals surface area (Å²) < 4.78 is 1.83. The number of nitriles is 2. The first kappa shape index (κ1) is 18.2. The molecule has 0 atom stereocenters. The zero-order valence-corrected chi connectivity index (χ0v) is 14.5. The molecule has 1 N–H and O–H groups in total. The molecule has 6 nitrogen and oxygen atoms in total. The zero-order chi connectivity index (χ0) is 18.2. The van der Waals surface area contributed by atoms with Gasteiger partial charge in [-0.05, 0) is 43.5 Å². The monoisotopic (exact) mass is 335 g/mol. The van der Waals surface area contributed by atoms with E-state index in [1.807, 2.05) is 30.7 Å². The fourth-order valence-corrected chi connectivity index (χ4v) is 2.75. The van der Waals surface area contributed by atoms with Gasteiger partial charge in [0.2, 0.25) is 5.91 Å². The van der Waals surface area contributed by atoms with Gasteiger partial charge in [0.05, 0.1) is 36.4 Å². The number of aryl methyl sites for hydroxylation is 2. The maximum atomic E-state index is 12.1. The molecule has 1 heterocycles. The predicted octanol–water partition coefficient (Wildman–Crippen LogP) is 2.53. The number of rotatable bonds is 7. The predicted molar refractivity (Wildman–Crippen MR) is 93.3 cm³/mol. The van der Waals surface area contributed by atoms with Crippen LogP contribution in [0.3, 0.4) is 0 Å². The quantitative estimate of drug-likeness (QED) is 0.841. The van der Waals surface area contributed by atoms with Gasteiger partial charge >= 0.3 is 0 Å². The highest BCUT2D eigenvalue weighted by Crippen LogP contribution is 2.15. The van der Waals surface area contributed by atoms with Crippen molar-refractivity contribution in [3.63, 3.8) is 0 Å². The Morgan fingerprint density at radius 2 is 2.12 bits per heavy atom. The lowest BCUT2D eigenvalue weighted by atomic mass is 10.1. The van der Waals surface area contributed by atoms with E-state index < -0.39 is 0 Å². The zero-order valence-electron chi connectivity index (χ0n) is 14.5. The van der Waals surface area contributed by atoms with Crippen LogP contribution in [0.15, 0.2) is 24.3 Å². The third kappa shape index (κ3) is 4.92. The number of amides is 1. The Morgan fingerprint density at radius 3 is 2.84 bits per heavy atom. The Bertz CT molecular complexity index is 838. The highest BCUT2D eigenvalue weighted by molar-refractivity contribution is 5.76. The van der Waals surface area contributed by atoms with Crippen LogP contribution in [-0.2, 0) is 24.3 Å². The molecule has 0 aliphatic heterocycles. The van der Waals surface area contributed by atoms with Crippen LogP contribution in [0, 0.1) is 36.5 Å². The maximum Gasteiger partial charge on any atom is 0.220 e. The number of carbonyl (C=O) groups is 1. The van der Waals surface area contributed by atoms with Crippen molar-refractivity contribution in [3.05, 3.63) is 52.3 Å². The van der Waals surface area contributed by atoms with Crippen molar-refractivity contribution in [2.75, 3.05) is 0 Å². The molecule has 128 valence electrons. The SMILES string of the molecule is Cc1nn(CCC#N)c(C)c1CCC(=O)NCc1cccc(C#N)c1. The topological polar surface area (TPSA) is 94.5 Å². The van der Waals surface area contributed by atoms with Gasteiger partial charge in [-0.15, -0.1) is 0 Å². The molecule has 0 fully saturated rings. The minimum absolute atomic E-state index is 0.0362. The molecule has 2 rings (SSSR count). The first-order chi connectivity index (χ1) is 12.0. The second kappa shape index (κ2) is 8.65. The van der Waals surface area contributed by atoms with Crippen LogP contribution in [0.25, 0.3) is 0 Å². The van der Waals surface area contributed by atoms with Crippen molar-refractivity contribution in [1.29, 1.82) is 10.5 Å². The summed E-state index contributed by atoms with van der Waals surface area (Å²) in [5, 5.41) is 24.9. The fourth-order valence-electron chi connectivity index (χ4n) is 2.75. The summed E-state index contributed by atoms with van der Waals surface area (Å²) in [5.74, 6) is -0.0362. The Balaban J connectivity index is 1.89.